The number of nitrogens with zero attached hydrogens (tertiary/aromatic N) is 2. The molecule has 180 valence electrons. The highest BCUT2D eigenvalue weighted by Gasteiger charge is 2.18. The molecule has 4 rings (SSSR count). The number of nitrogens with one attached hydrogen (secondary N) is 3. The van der Waals surface area contributed by atoms with Gasteiger partial charge in [-0.15, -0.1) is 0 Å². The van der Waals surface area contributed by atoms with Crippen molar-refractivity contribution in [3.8, 4) is 6.07 Å². The van der Waals surface area contributed by atoms with Gasteiger partial charge in [-0.3, -0.25) is 4.79 Å². The number of likely N-dealkylation sites (tertiary alicyclic amines) is 1. The summed E-state index contributed by atoms with van der Waals surface area (Å²) in [6.07, 6.45) is 5.26. The van der Waals surface area contributed by atoms with Gasteiger partial charge >= 0.3 is 6.03 Å². The van der Waals surface area contributed by atoms with Crippen LogP contribution in [0.25, 0.3) is 10.9 Å². The Kier molecular flexibility index (Phi) is 10.7. The molecule has 0 radical (unpaired) electrons. The van der Waals surface area contributed by atoms with Crippen molar-refractivity contribution in [2.75, 3.05) is 23.7 Å². The Balaban J connectivity index is 0.000000970. The Morgan fingerprint density at radius 2 is 1.68 bits per heavy atom. The molecule has 2 aromatic carbocycles. The Morgan fingerprint density at radius 1 is 1.00 bits per heavy atom. The number of H-pyrrole nitrogens is 1. The molecule has 1 saturated heterocycles. The van der Waals surface area contributed by atoms with Gasteiger partial charge in [-0.05, 0) is 61.2 Å². The van der Waals surface area contributed by atoms with Crippen LogP contribution in [0.3, 0.4) is 0 Å². The van der Waals surface area contributed by atoms with Gasteiger partial charge in [0.05, 0.1) is 11.6 Å². The van der Waals surface area contributed by atoms with E-state index in [1.54, 1.807) is 24.3 Å². The van der Waals surface area contributed by atoms with Crippen LogP contribution in [0.2, 0.25) is 0 Å². The minimum atomic E-state index is -0.384. The van der Waals surface area contributed by atoms with Crippen LogP contribution in [0.4, 0.5) is 16.2 Å². The molecule has 0 aliphatic carbocycles. The molecule has 0 atom stereocenters. The number of nitriles is 1. The van der Waals surface area contributed by atoms with Gasteiger partial charge in [0.2, 0.25) is 5.91 Å². The quantitative estimate of drug-likeness (QED) is 0.416. The maximum Gasteiger partial charge on any atom is 0.323 e. The smallest absolute Gasteiger partial charge is 0.323 e. The van der Waals surface area contributed by atoms with Gasteiger partial charge < -0.3 is 20.5 Å². The highest BCUT2D eigenvalue weighted by Crippen LogP contribution is 2.24. The third-order valence-corrected chi connectivity index (χ3v) is 5.34. The fraction of sp³-hybridized carbons (Fsp3) is 0.370. The van der Waals surface area contributed by atoms with Crippen molar-refractivity contribution in [1.82, 2.24) is 9.88 Å². The lowest BCUT2D eigenvalue weighted by Crippen LogP contribution is -2.27. The summed E-state index contributed by atoms with van der Waals surface area (Å²) in [6, 6.07) is 14.0. The number of carbonyl (C=O) groups excluding carboxylic acids is 2. The average Bonchev–Trinajstić information content (AvgIpc) is 3.55. The molecule has 0 unspecified atom stereocenters. The number of carbonyl (C=O) groups is 2. The van der Waals surface area contributed by atoms with Gasteiger partial charge in [0.25, 0.3) is 0 Å². The van der Waals surface area contributed by atoms with Gasteiger partial charge in [0, 0.05) is 48.0 Å². The number of aromatic amines is 1. The predicted molar refractivity (Wildman–Crippen MR) is 139 cm³/mol. The van der Waals surface area contributed by atoms with Crippen LogP contribution in [-0.2, 0) is 11.2 Å². The Hall–Kier alpha value is -3.79. The van der Waals surface area contributed by atoms with Gasteiger partial charge in [-0.1, -0.05) is 33.8 Å². The van der Waals surface area contributed by atoms with E-state index in [0.29, 0.717) is 29.8 Å². The van der Waals surface area contributed by atoms with Crippen molar-refractivity contribution in [2.45, 2.75) is 53.4 Å². The molecule has 7 heteroatoms. The van der Waals surface area contributed by atoms with Crippen LogP contribution in [0.1, 0.15) is 58.1 Å². The van der Waals surface area contributed by atoms with E-state index >= 15 is 0 Å². The van der Waals surface area contributed by atoms with Crippen LogP contribution in [0, 0.1) is 11.3 Å². The second-order valence-corrected chi connectivity index (χ2v) is 7.43. The summed E-state index contributed by atoms with van der Waals surface area (Å²) >= 11 is 0. The summed E-state index contributed by atoms with van der Waals surface area (Å²) in [6.45, 7) is 9.74. The van der Waals surface area contributed by atoms with Crippen molar-refractivity contribution < 1.29 is 9.59 Å². The van der Waals surface area contributed by atoms with Crippen molar-refractivity contribution in [1.29, 1.82) is 5.26 Å². The first-order valence-electron chi connectivity index (χ1n) is 12.1. The largest absolute Gasteiger partial charge is 0.361 e. The number of urea groups is 1. The number of aryl methyl sites for hydroxylation is 1. The number of hydrogen-bond donors (Lipinski definition) is 3. The van der Waals surface area contributed by atoms with Gasteiger partial charge in [-0.2, -0.15) is 5.26 Å². The van der Waals surface area contributed by atoms with Crippen molar-refractivity contribution >= 4 is 34.2 Å². The normalized spacial score (nSPS) is 12.0. The van der Waals surface area contributed by atoms with Crippen LogP contribution in [-0.4, -0.2) is 34.9 Å². The molecular weight excluding hydrogens is 426 g/mol. The van der Waals surface area contributed by atoms with Crippen LogP contribution >= 0.6 is 0 Å². The maximum absolute atomic E-state index is 12.3. The van der Waals surface area contributed by atoms with Crippen molar-refractivity contribution in [2.24, 2.45) is 0 Å². The number of fused-ring (bicyclic) bond motifs is 1. The van der Waals surface area contributed by atoms with Gasteiger partial charge in [0.1, 0.15) is 0 Å². The number of amides is 3. The maximum atomic E-state index is 12.3. The van der Waals surface area contributed by atoms with E-state index in [1.165, 1.54) is 0 Å². The molecule has 0 saturated carbocycles. The number of anilines is 2. The fourth-order valence-electron chi connectivity index (χ4n) is 3.79. The lowest BCUT2D eigenvalue weighted by Gasteiger charge is -2.14. The monoisotopic (exact) mass is 461 g/mol. The Labute approximate surface area is 202 Å². The zero-order valence-corrected chi connectivity index (χ0v) is 20.6. The first-order valence-corrected chi connectivity index (χ1v) is 12.1. The zero-order chi connectivity index (χ0) is 24.9. The van der Waals surface area contributed by atoms with Crippen molar-refractivity contribution in [3.63, 3.8) is 0 Å². The molecule has 1 fully saturated rings. The van der Waals surface area contributed by atoms with Gasteiger partial charge in [0.15, 0.2) is 0 Å². The third-order valence-electron chi connectivity index (χ3n) is 5.34. The number of hydrogen-bond acceptors (Lipinski definition) is 3. The third kappa shape index (κ3) is 7.11. The summed E-state index contributed by atoms with van der Waals surface area (Å²) in [7, 11) is 0. The first-order chi connectivity index (χ1) is 16.6. The molecule has 3 amide bonds. The Morgan fingerprint density at radius 3 is 2.35 bits per heavy atom. The predicted octanol–water partition coefficient (Wildman–Crippen LogP) is 6.29. The Bertz CT molecular complexity index is 1120. The zero-order valence-electron chi connectivity index (χ0n) is 20.6. The van der Waals surface area contributed by atoms with Crippen LogP contribution in [0.15, 0.2) is 48.7 Å². The lowest BCUT2D eigenvalue weighted by atomic mass is 10.1. The number of rotatable bonds is 5. The van der Waals surface area contributed by atoms with Crippen LogP contribution < -0.4 is 10.6 Å². The molecule has 2 heterocycles. The summed E-state index contributed by atoms with van der Waals surface area (Å²) in [5.41, 5.74) is 3.71. The molecule has 0 spiro atoms. The van der Waals surface area contributed by atoms with E-state index in [0.717, 1.165) is 42.4 Å². The fourth-order valence-corrected chi connectivity index (χ4v) is 3.79. The van der Waals surface area contributed by atoms with E-state index in [-0.39, 0.29) is 11.9 Å². The van der Waals surface area contributed by atoms with E-state index in [9.17, 15) is 9.59 Å². The molecule has 1 aliphatic rings. The lowest BCUT2D eigenvalue weighted by molar-refractivity contribution is -0.130. The SMILES string of the molecule is CC.CC.N#Cc1cccc(NC(=O)Nc2ccc3[nH]cc(CCC(=O)N4CCCC4)c3c2)c1. The highest BCUT2D eigenvalue weighted by molar-refractivity contribution is 6.01. The summed E-state index contributed by atoms with van der Waals surface area (Å²) in [5, 5.41) is 15.5. The summed E-state index contributed by atoms with van der Waals surface area (Å²) in [5.74, 6) is 0.204. The molecule has 1 aromatic heterocycles. The second-order valence-electron chi connectivity index (χ2n) is 7.43. The second kappa shape index (κ2) is 13.7. The van der Waals surface area contributed by atoms with E-state index in [2.05, 4.69) is 15.6 Å². The topological polar surface area (TPSA) is 101 Å². The van der Waals surface area contributed by atoms with E-state index in [4.69, 9.17) is 5.26 Å². The molecule has 34 heavy (non-hydrogen) atoms. The number of benzene rings is 2. The molecular formula is C27H35N5O2. The number of aromatic nitrogens is 1. The van der Waals surface area contributed by atoms with E-state index in [1.807, 2.05) is 63.1 Å². The summed E-state index contributed by atoms with van der Waals surface area (Å²) < 4.78 is 0. The minimum absolute atomic E-state index is 0.204. The minimum Gasteiger partial charge on any atom is -0.361 e. The standard InChI is InChI=1S/C23H23N5O2.2C2H6/c24-14-16-4-3-5-18(12-16)26-23(30)27-19-7-8-21-20(13-19)17(15-25-21)6-9-22(29)28-10-1-2-11-28;2*1-2/h3-5,7-8,12-13,15,25H,1-2,6,9-11H2,(H2,26,27,30);2*1-2H3. The molecule has 7 nitrogen and oxygen atoms in total. The van der Waals surface area contributed by atoms with E-state index < -0.39 is 0 Å². The summed E-state index contributed by atoms with van der Waals surface area (Å²) in [4.78, 5) is 29.8. The van der Waals surface area contributed by atoms with Crippen LogP contribution in [0.5, 0.6) is 0 Å². The van der Waals surface area contributed by atoms with Crippen molar-refractivity contribution in [3.05, 3.63) is 59.8 Å². The molecule has 0 bridgehead atoms. The van der Waals surface area contributed by atoms with Gasteiger partial charge in [-0.25, -0.2) is 4.79 Å². The first kappa shape index (κ1) is 26.5. The molecule has 3 N–H and O–H groups in total. The molecule has 3 aromatic rings. The molecule has 1 aliphatic heterocycles. The average molecular weight is 462 g/mol. The highest BCUT2D eigenvalue weighted by atomic mass is 16.2.